The fraction of sp³-hybridized carbons (Fsp3) is 0.188. The van der Waals surface area contributed by atoms with E-state index in [9.17, 15) is 13.2 Å². The SMILES string of the molecule is CCOc1ccccc1S(=O)(=O)Nc1ccc2c(c1)CC(=O)N2. The minimum absolute atomic E-state index is 0.0801. The molecule has 120 valence electrons. The summed E-state index contributed by atoms with van der Waals surface area (Å²) in [5.41, 5.74) is 1.90. The second-order valence-electron chi connectivity index (χ2n) is 5.08. The van der Waals surface area contributed by atoms with Gasteiger partial charge in [0.1, 0.15) is 10.6 Å². The molecule has 0 radical (unpaired) electrons. The molecule has 2 N–H and O–H groups in total. The molecule has 6 nitrogen and oxygen atoms in total. The zero-order valence-electron chi connectivity index (χ0n) is 12.5. The molecule has 0 bridgehead atoms. The highest BCUT2D eigenvalue weighted by atomic mass is 32.2. The van der Waals surface area contributed by atoms with E-state index >= 15 is 0 Å². The lowest BCUT2D eigenvalue weighted by Gasteiger charge is -2.13. The average molecular weight is 332 g/mol. The lowest BCUT2D eigenvalue weighted by molar-refractivity contribution is -0.115. The number of para-hydroxylation sites is 1. The number of hydrogen-bond donors (Lipinski definition) is 2. The molecule has 3 rings (SSSR count). The van der Waals surface area contributed by atoms with Gasteiger partial charge in [-0.1, -0.05) is 12.1 Å². The predicted octanol–water partition coefficient (Wildman–Crippen LogP) is 2.38. The third-order valence-corrected chi connectivity index (χ3v) is 4.84. The number of benzene rings is 2. The molecule has 0 saturated heterocycles. The predicted molar refractivity (Wildman–Crippen MR) is 87.2 cm³/mol. The first-order chi connectivity index (χ1) is 11.0. The first-order valence-corrected chi connectivity index (χ1v) is 8.65. The molecule has 0 aliphatic carbocycles. The van der Waals surface area contributed by atoms with E-state index in [0.29, 0.717) is 23.7 Å². The van der Waals surface area contributed by atoms with Crippen molar-refractivity contribution in [3.8, 4) is 5.75 Å². The van der Waals surface area contributed by atoms with Gasteiger partial charge in [0.2, 0.25) is 5.91 Å². The lowest BCUT2D eigenvalue weighted by atomic mass is 10.1. The van der Waals surface area contributed by atoms with Crippen LogP contribution in [0.1, 0.15) is 12.5 Å². The van der Waals surface area contributed by atoms with Crippen LogP contribution in [0.15, 0.2) is 47.4 Å². The van der Waals surface area contributed by atoms with Crippen LogP contribution in [0.4, 0.5) is 11.4 Å². The van der Waals surface area contributed by atoms with Gasteiger partial charge < -0.3 is 10.1 Å². The Balaban J connectivity index is 1.91. The molecule has 1 aliphatic rings. The van der Waals surface area contributed by atoms with Crippen molar-refractivity contribution >= 4 is 27.3 Å². The third-order valence-electron chi connectivity index (χ3n) is 3.42. The lowest BCUT2D eigenvalue weighted by Crippen LogP contribution is -2.14. The summed E-state index contributed by atoms with van der Waals surface area (Å²) in [5, 5.41) is 2.71. The molecule has 1 amide bonds. The number of ether oxygens (including phenoxy) is 1. The molecular formula is C16H16N2O4S. The van der Waals surface area contributed by atoms with Gasteiger partial charge in [-0.15, -0.1) is 0 Å². The highest BCUT2D eigenvalue weighted by Gasteiger charge is 2.22. The van der Waals surface area contributed by atoms with Crippen LogP contribution in [-0.2, 0) is 21.2 Å². The summed E-state index contributed by atoms with van der Waals surface area (Å²) in [6, 6.07) is 11.4. The molecular weight excluding hydrogens is 316 g/mol. The number of anilines is 2. The van der Waals surface area contributed by atoms with Gasteiger partial charge in [0.15, 0.2) is 0 Å². The minimum atomic E-state index is -3.78. The Morgan fingerprint density at radius 1 is 1.22 bits per heavy atom. The minimum Gasteiger partial charge on any atom is -0.492 e. The van der Waals surface area contributed by atoms with Gasteiger partial charge in [-0.2, -0.15) is 0 Å². The second kappa shape index (κ2) is 5.92. The van der Waals surface area contributed by atoms with Crippen LogP contribution in [0, 0.1) is 0 Å². The molecule has 2 aromatic rings. The van der Waals surface area contributed by atoms with E-state index in [1.165, 1.54) is 6.07 Å². The summed E-state index contributed by atoms with van der Waals surface area (Å²) in [6.07, 6.45) is 0.250. The molecule has 0 spiro atoms. The van der Waals surface area contributed by atoms with Crippen molar-refractivity contribution in [2.75, 3.05) is 16.6 Å². The van der Waals surface area contributed by atoms with Crippen LogP contribution in [-0.4, -0.2) is 20.9 Å². The zero-order chi connectivity index (χ0) is 16.4. The summed E-state index contributed by atoms with van der Waals surface area (Å²) in [5.74, 6) is 0.210. The van der Waals surface area contributed by atoms with Gasteiger partial charge in [0.25, 0.3) is 10.0 Å². The molecule has 1 heterocycles. The Morgan fingerprint density at radius 2 is 2.00 bits per heavy atom. The Bertz CT molecular complexity index is 862. The topological polar surface area (TPSA) is 84.5 Å². The number of sulfonamides is 1. The first-order valence-electron chi connectivity index (χ1n) is 7.17. The quantitative estimate of drug-likeness (QED) is 0.880. The van der Waals surface area contributed by atoms with E-state index in [-0.39, 0.29) is 17.2 Å². The number of nitrogens with one attached hydrogen (secondary N) is 2. The van der Waals surface area contributed by atoms with Crippen molar-refractivity contribution in [1.29, 1.82) is 0 Å². The van der Waals surface area contributed by atoms with Crippen molar-refractivity contribution in [2.24, 2.45) is 0 Å². The molecule has 0 fully saturated rings. The number of rotatable bonds is 5. The maximum Gasteiger partial charge on any atom is 0.265 e. The molecule has 0 aromatic heterocycles. The van der Waals surface area contributed by atoms with Crippen LogP contribution in [0.3, 0.4) is 0 Å². The molecule has 0 saturated carbocycles. The molecule has 7 heteroatoms. The monoisotopic (exact) mass is 332 g/mol. The van der Waals surface area contributed by atoms with Gasteiger partial charge in [-0.25, -0.2) is 8.42 Å². The number of carbonyl (C=O) groups is 1. The maximum atomic E-state index is 12.6. The van der Waals surface area contributed by atoms with Gasteiger partial charge in [0, 0.05) is 11.4 Å². The van der Waals surface area contributed by atoms with Crippen LogP contribution < -0.4 is 14.8 Å². The maximum absolute atomic E-state index is 12.6. The number of fused-ring (bicyclic) bond motifs is 1. The van der Waals surface area contributed by atoms with Crippen molar-refractivity contribution in [3.05, 3.63) is 48.0 Å². The number of carbonyl (C=O) groups excluding carboxylic acids is 1. The van der Waals surface area contributed by atoms with Gasteiger partial charge in [0.05, 0.1) is 13.0 Å². The third kappa shape index (κ3) is 3.14. The standard InChI is InChI=1S/C16H16N2O4S/c1-2-22-14-5-3-4-6-15(14)23(20,21)18-12-7-8-13-11(9-12)10-16(19)17-13/h3-9,18H,2,10H2,1H3,(H,17,19). The van der Waals surface area contributed by atoms with Crippen LogP contribution in [0.2, 0.25) is 0 Å². The fourth-order valence-electron chi connectivity index (χ4n) is 2.45. The molecule has 2 aromatic carbocycles. The van der Waals surface area contributed by atoms with Crippen molar-refractivity contribution in [1.82, 2.24) is 0 Å². The summed E-state index contributed by atoms with van der Waals surface area (Å²) < 4.78 is 33.1. The Morgan fingerprint density at radius 3 is 2.78 bits per heavy atom. The highest BCUT2D eigenvalue weighted by Crippen LogP contribution is 2.29. The van der Waals surface area contributed by atoms with Crippen molar-refractivity contribution in [3.63, 3.8) is 0 Å². The Kier molecular flexibility index (Phi) is 3.96. The largest absolute Gasteiger partial charge is 0.492 e. The Labute approximate surface area is 134 Å². The summed E-state index contributed by atoms with van der Waals surface area (Å²) in [7, 11) is -3.78. The zero-order valence-corrected chi connectivity index (χ0v) is 13.3. The van der Waals surface area contributed by atoms with Crippen LogP contribution in [0.25, 0.3) is 0 Å². The summed E-state index contributed by atoms with van der Waals surface area (Å²) in [6.45, 7) is 2.17. The van der Waals surface area contributed by atoms with Crippen molar-refractivity contribution in [2.45, 2.75) is 18.2 Å². The van der Waals surface area contributed by atoms with Crippen LogP contribution >= 0.6 is 0 Å². The highest BCUT2D eigenvalue weighted by molar-refractivity contribution is 7.92. The number of hydrogen-bond acceptors (Lipinski definition) is 4. The number of amides is 1. The fourth-order valence-corrected chi connectivity index (χ4v) is 3.65. The van der Waals surface area contributed by atoms with E-state index < -0.39 is 10.0 Å². The van der Waals surface area contributed by atoms with E-state index in [1.807, 2.05) is 0 Å². The molecule has 1 aliphatic heterocycles. The van der Waals surface area contributed by atoms with E-state index in [2.05, 4.69) is 10.0 Å². The average Bonchev–Trinajstić information content (AvgIpc) is 2.87. The molecule has 0 unspecified atom stereocenters. The molecule has 0 atom stereocenters. The Hall–Kier alpha value is -2.54. The van der Waals surface area contributed by atoms with E-state index in [4.69, 9.17) is 4.74 Å². The van der Waals surface area contributed by atoms with Crippen LogP contribution in [0.5, 0.6) is 5.75 Å². The smallest absolute Gasteiger partial charge is 0.265 e. The van der Waals surface area contributed by atoms with Gasteiger partial charge >= 0.3 is 0 Å². The van der Waals surface area contributed by atoms with E-state index in [0.717, 1.165) is 5.56 Å². The van der Waals surface area contributed by atoms with Gasteiger partial charge in [-0.05, 0) is 42.8 Å². The molecule has 23 heavy (non-hydrogen) atoms. The van der Waals surface area contributed by atoms with E-state index in [1.54, 1.807) is 43.3 Å². The van der Waals surface area contributed by atoms with Gasteiger partial charge in [-0.3, -0.25) is 9.52 Å². The normalized spacial score (nSPS) is 13.3. The summed E-state index contributed by atoms with van der Waals surface area (Å²) >= 11 is 0. The first kappa shape index (κ1) is 15.4. The summed E-state index contributed by atoms with van der Waals surface area (Å²) in [4.78, 5) is 11.4. The second-order valence-corrected chi connectivity index (χ2v) is 6.73. The van der Waals surface area contributed by atoms with Crippen molar-refractivity contribution < 1.29 is 17.9 Å².